The minimum Gasteiger partial charge on any atom is -0.368 e. The lowest BCUT2D eigenvalue weighted by molar-refractivity contribution is 0.647. The molecule has 1 saturated heterocycles. The van der Waals surface area contributed by atoms with Crippen LogP contribution in [0.1, 0.15) is 5.56 Å². The Hall–Kier alpha value is -2.56. The maximum Gasteiger partial charge on any atom is 0.154 e. The zero-order valence-corrected chi connectivity index (χ0v) is 12.7. The van der Waals surface area contributed by atoms with E-state index in [-0.39, 0.29) is 0 Å². The lowest BCUT2D eigenvalue weighted by Gasteiger charge is -2.37. The molecule has 3 heterocycles. The average molecular weight is 293 g/mol. The molecule has 0 saturated carbocycles. The number of aromatic nitrogens is 3. The number of aryl methyl sites for hydroxylation is 1. The number of benzene rings is 1. The van der Waals surface area contributed by atoms with Gasteiger partial charge in [-0.05, 0) is 18.6 Å². The van der Waals surface area contributed by atoms with Crippen LogP contribution in [0.4, 0.5) is 11.5 Å². The van der Waals surface area contributed by atoms with E-state index in [4.69, 9.17) is 0 Å². The van der Waals surface area contributed by atoms with Crippen molar-refractivity contribution in [1.82, 2.24) is 14.4 Å². The number of piperazine rings is 1. The van der Waals surface area contributed by atoms with Crippen molar-refractivity contribution in [2.45, 2.75) is 6.92 Å². The summed E-state index contributed by atoms with van der Waals surface area (Å²) in [6.07, 6.45) is 7.49. The van der Waals surface area contributed by atoms with E-state index in [9.17, 15) is 0 Å². The van der Waals surface area contributed by atoms with Gasteiger partial charge in [-0.25, -0.2) is 9.97 Å². The van der Waals surface area contributed by atoms with Gasteiger partial charge in [0.05, 0.1) is 12.5 Å². The molecule has 0 aliphatic carbocycles. The second-order valence-electron chi connectivity index (χ2n) is 5.70. The van der Waals surface area contributed by atoms with Gasteiger partial charge < -0.3 is 14.2 Å². The van der Waals surface area contributed by atoms with Gasteiger partial charge in [0.15, 0.2) is 5.82 Å². The number of imidazole rings is 1. The SMILES string of the molecule is Cc1ccccc1N1CCN(c2nccn3cncc23)CC1. The monoisotopic (exact) mass is 293 g/mol. The number of para-hydroxylation sites is 1. The van der Waals surface area contributed by atoms with E-state index in [1.807, 2.05) is 29.3 Å². The molecule has 0 bridgehead atoms. The summed E-state index contributed by atoms with van der Waals surface area (Å²) >= 11 is 0. The molecule has 5 nitrogen and oxygen atoms in total. The summed E-state index contributed by atoms with van der Waals surface area (Å²) in [5, 5.41) is 0. The Morgan fingerprint density at radius 2 is 1.77 bits per heavy atom. The van der Waals surface area contributed by atoms with E-state index < -0.39 is 0 Å². The van der Waals surface area contributed by atoms with Crippen molar-refractivity contribution in [2.75, 3.05) is 36.0 Å². The van der Waals surface area contributed by atoms with E-state index in [1.54, 1.807) is 0 Å². The van der Waals surface area contributed by atoms with Crippen molar-refractivity contribution in [1.29, 1.82) is 0 Å². The van der Waals surface area contributed by atoms with Gasteiger partial charge in [-0.3, -0.25) is 0 Å². The van der Waals surface area contributed by atoms with Gasteiger partial charge in [0, 0.05) is 44.3 Å². The van der Waals surface area contributed by atoms with Crippen LogP contribution in [0.25, 0.3) is 5.52 Å². The van der Waals surface area contributed by atoms with Gasteiger partial charge in [0.25, 0.3) is 0 Å². The van der Waals surface area contributed by atoms with Crippen LogP contribution in [-0.4, -0.2) is 40.5 Å². The molecule has 0 unspecified atom stereocenters. The van der Waals surface area contributed by atoms with E-state index in [0.717, 1.165) is 37.5 Å². The fourth-order valence-electron chi connectivity index (χ4n) is 3.16. The molecular weight excluding hydrogens is 274 g/mol. The Labute approximate surface area is 129 Å². The zero-order valence-electron chi connectivity index (χ0n) is 12.7. The summed E-state index contributed by atoms with van der Waals surface area (Å²) < 4.78 is 2.02. The first-order valence-electron chi connectivity index (χ1n) is 7.65. The number of rotatable bonds is 2. The first-order valence-corrected chi connectivity index (χ1v) is 7.65. The summed E-state index contributed by atoms with van der Waals surface area (Å²) in [5.74, 6) is 1.03. The van der Waals surface area contributed by atoms with Gasteiger partial charge in [0.1, 0.15) is 5.52 Å². The molecule has 3 aromatic rings. The van der Waals surface area contributed by atoms with Crippen LogP contribution in [0.15, 0.2) is 49.2 Å². The molecule has 1 aliphatic heterocycles. The highest BCUT2D eigenvalue weighted by Crippen LogP contribution is 2.24. The number of hydrogen-bond donors (Lipinski definition) is 0. The zero-order chi connectivity index (χ0) is 14.9. The quantitative estimate of drug-likeness (QED) is 0.727. The molecule has 1 fully saturated rings. The summed E-state index contributed by atoms with van der Waals surface area (Å²) in [6, 6.07) is 8.60. The molecule has 0 radical (unpaired) electrons. The van der Waals surface area contributed by atoms with E-state index in [0.29, 0.717) is 0 Å². The van der Waals surface area contributed by atoms with E-state index >= 15 is 0 Å². The van der Waals surface area contributed by atoms with Crippen LogP contribution in [0.5, 0.6) is 0 Å². The summed E-state index contributed by atoms with van der Waals surface area (Å²) in [5.41, 5.74) is 3.76. The normalized spacial score (nSPS) is 15.5. The van der Waals surface area contributed by atoms with Crippen LogP contribution in [-0.2, 0) is 0 Å². The molecule has 0 amide bonds. The van der Waals surface area contributed by atoms with Crippen LogP contribution in [0.2, 0.25) is 0 Å². The predicted octanol–water partition coefficient (Wildman–Crippen LogP) is 2.36. The average Bonchev–Trinajstić information content (AvgIpc) is 3.04. The van der Waals surface area contributed by atoms with Gasteiger partial charge in [-0.1, -0.05) is 18.2 Å². The Kier molecular flexibility index (Phi) is 3.18. The largest absolute Gasteiger partial charge is 0.368 e. The van der Waals surface area contributed by atoms with Crippen molar-refractivity contribution < 1.29 is 0 Å². The number of fused-ring (bicyclic) bond motifs is 1. The minimum absolute atomic E-state index is 0.978. The molecule has 4 rings (SSSR count). The lowest BCUT2D eigenvalue weighted by atomic mass is 10.1. The molecule has 2 aromatic heterocycles. The van der Waals surface area contributed by atoms with Crippen LogP contribution in [0.3, 0.4) is 0 Å². The molecule has 0 spiro atoms. The lowest BCUT2D eigenvalue weighted by Crippen LogP contribution is -2.47. The maximum absolute atomic E-state index is 4.56. The van der Waals surface area contributed by atoms with E-state index in [1.165, 1.54) is 11.3 Å². The summed E-state index contributed by atoms with van der Waals surface area (Å²) in [4.78, 5) is 13.6. The number of hydrogen-bond acceptors (Lipinski definition) is 4. The Morgan fingerprint density at radius 1 is 1.00 bits per heavy atom. The van der Waals surface area contributed by atoms with Crippen molar-refractivity contribution in [2.24, 2.45) is 0 Å². The maximum atomic E-state index is 4.56. The molecule has 0 N–H and O–H groups in total. The van der Waals surface area contributed by atoms with Crippen LogP contribution >= 0.6 is 0 Å². The first kappa shape index (κ1) is 13.1. The van der Waals surface area contributed by atoms with Crippen molar-refractivity contribution in [3.63, 3.8) is 0 Å². The minimum atomic E-state index is 0.978. The Morgan fingerprint density at radius 3 is 2.59 bits per heavy atom. The molecule has 22 heavy (non-hydrogen) atoms. The highest BCUT2D eigenvalue weighted by molar-refractivity contribution is 5.68. The molecule has 5 heteroatoms. The number of nitrogens with zero attached hydrogens (tertiary/aromatic N) is 5. The third-order valence-electron chi connectivity index (χ3n) is 4.35. The third-order valence-corrected chi connectivity index (χ3v) is 4.35. The second kappa shape index (κ2) is 5.33. The molecule has 112 valence electrons. The highest BCUT2D eigenvalue weighted by Gasteiger charge is 2.20. The third kappa shape index (κ3) is 2.19. The summed E-state index contributed by atoms with van der Waals surface area (Å²) in [7, 11) is 0. The number of anilines is 2. The van der Waals surface area contributed by atoms with Gasteiger partial charge >= 0.3 is 0 Å². The topological polar surface area (TPSA) is 36.7 Å². The molecule has 1 aromatic carbocycles. The van der Waals surface area contributed by atoms with Crippen LogP contribution in [0, 0.1) is 6.92 Å². The fraction of sp³-hybridized carbons (Fsp3) is 0.294. The predicted molar refractivity (Wildman–Crippen MR) is 88.6 cm³/mol. The van der Waals surface area contributed by atoms with Crippen molar-refractivity contribution in [3.8, 4) is 0 Å². The first-order chi connectivity index (χ1) is 10.8. The molecular formula is C17H19N5. The van der Waals surface area contributed by atoms with Gasteiger partial charge in [0.2, 0.25) is 0 Å². The smallest absolute Gasteiger partial charge is 0.154 e. The Balaban J connectivity index is 1.55. The standard InChI is InChI=1S/C17H19N5/c1-14-4-2-3-5-15(14)20-8-10-21(11-9-20)17-16-12-18-13-22(16)7-6-19-17/h2-7,12-13H,8-11H2,1H3. The van der Waals surface area contributed by atoms with Crippen molar-refractivity contribution in [3.05, 3.63) is 54.7 Å². The molecule has 1 aliphatic rings. The second-order valence-corrected chi connectivity index (χ2v) is 5.70. The summed E-state index contributed by atoms with van der Waals surface area (Å²) in [6.45, 7) is 6.16. The fourth-order valence-corrected chi connectivity index (χ4v) is 3.16. The van der Waals surface area contributed by atoms with Gasteiger partial charge in [-0.2, -0.15) is 0 Å². The van der Waals surface area contributed by atoms with E-state index in [2.05, 4.69) is 51.0 Å². The van der Waals surface area contributed by atoms with Crippen LogP contribution < -0.4 is 9.80 Å². The van der Waals surface area contributed by atoms with Gasteiger partial charge in [-0.15, -0.1) is 0 Å². The Bertz CT molecular complexity index is 786. The van der Waals surface area contributed by atoms with Crippen molar-refractivity contribution >= 4 is 17.0 Å². The molecule has 0 atom stereocenters. The highest BCUT2D eigenvalue weighted by atomic mass is 15.3.